The highest BCUT2D eigenvalue weighted by molar-refractivity contribution is 9.10. The maximum Gasteiger partial charge on any atom is 0.256 e. The first-order valence-corrected chi connectivity index (χ1v) is 9.93. The van der Waals surface area contributed by atoms with Gasteiger partial charge < -0.3 is 0 Å². The number of halogens is 1. The summed E-state index contributed by atoms with van der Waals surface area (Å²) in [7, 11) is 0. The SMILES string of the molecule is O=C(CN1CCC[C@@H]1c1cccc(Br)c1)N1CCC(c2ccccc2)=N1. The number of amides is 1. The number of likely N-dealkylation sites (tertiary alicyclic amines) is 1. The van der Waals surface area contributed by atoms with Crippen LogP contribution in [-0.4, -0.2) is 41.2 Å². The molecule has 0 aromatic heterocycles. The second kappa shape index (κ2) is 7.72. The molecule has 5 heteroatoms. The minimum atomic E-state index is 0.0952. The molecule has 2 aliphatic rings. The highest BCUT2D eigenvalue weighted by Gasteiger charge is 2.30. The summed E-state index contributed by atoms with van der Waals surface area (Å²) >= 11 is 3.55. The molecule has 2 aromatic carbocycles. The van der Waals surface area contributed by atoms with Gasteiger partial charge in [-0.25, -0.2) is 5.01 Å². The Morgan fingerprint density at radius 3 is 2.77 bits per heavy atom. The third-order valence-electron chi connectivity index (χ3n) is 5.13. The molecule has 0 radical (unpaired) electrons. The van der Waals surface area contributed by atoms with Crippen LogP contribution in [0.15, 0.2) is 64.2 Å². The van der Waals surface area contributed by atoms with E-state index >= 15 is 0 Å². The Morgan fingerprint density at radius 1 is 1.12 bits per heavy atom. The molecule has 1 fully saturated rings. The van der Waals surface area contributed by atoms with Crippen molar-refractivity contribution in [1.82, 2.24) is 9.91 Å². The summed E-state index contributed by atoms with van der Waals surface area (Å²) in [4.78, 5) is 15.1. The highest BCUT2D eigenvalue weighted by Crippen LogP contribution is 2.33. The van der Waals surface area contributed by atoms with Gasteiger partial charge in [-0.15, -0.1) is 0 Å². The lowest BCUT2D eigenvalue weighted by Crippen LogP contribution is -2.36. The van der Waals surface area contributed by atoms with Crippen molar-refractivity contribution >= 4 is 27.5 Å². The Balaban J connectivity index is 1.44. The molecule has 26 heavy (non-hydrogen) atoms. The number of rotatable bonds is 4. The van der Waals surface area contributed by atoms with Crippen LogP contribution in [0, 0.1) is 0 Å². The van der Waals surface area contributed by atoms with Crippen molar-refractivity contribution in [2.45, 2.75) is 25.3 Å². The molecule has 0 aliphatic carbocycles. The van der Waals surface area contributed by atoms with E-state index in [-0.39, 0.29) is 5.91 Å². The molecule has 0 unspecified atom stereocenters. The average molecular weight is 412 g/mol. The largest absolute Gasteiger partial charge is 0.287 e. The first kappa shape index (κ1) is 17.4. The van der Waals surface area contributed by atoms with Crippen LogP contribution in [0.25, 0.3) is 0 Å². The highest BCUT2D eigenvalue weighted by atomic mass is 79.9. The monoisotopic (exact) mass is 411 g/mol. The molecule has 1 amide bonds. The Morgan fingerprint density at radius 2 is 1.96 bits per heavy atom. The normalized spacial score (nSPS) is 20.4. The molecular weight excluding hydrogens is 390 g/mol. The number of nitrogens with zero attached hydrogens (tertiary/aromatic N) is 3. The molecule has 2 aromatic rings. The lowest BCUT2D eigenvalue weighted by molar-refractivity contribution is -0.132. The summed E-state index contributed by atoms with van der Waals surface area (Å²) in [5.41, 5.74) is 3.39. The fourth-order valence-corrected chi connectivity index (χ4v) is 4.25. The third kappa shape index (κ3) is 3.74. The van der Waals surface area contributed by atoms with Gasteiger partial charge >= 0.3 is 0 Å². The van der Waals surface area contributed by atoms with Gasteiger partial charge in [0, 0.05) is 16.9 Å². The Kier molecular flexibility index (Phi) is 5.18. The van der Waals surface area contributed by atoms with E-state index in [2.05, 4.69) is 56.3 Å². The lowest BCUT2D eigenvalue weighted by atomic mass is 10.0. The smallest absolute Gasteiger partial charge is 0.256 e. The fourth-order valence-electron chi connectivity index (χ4n) is 3.83. The van der Waals surface area contributed by atoms with Crippen LogP contribution >= 0.6 is 15.9 Å². The summed E-state index contributed by atoms with van der Waals surface area (Å²) in [6.45, 7) is 2.08. The Bertz CT molecular complexity index is 821. The van der Waals surface area contributed by atoms with Crippen molar-refractivity contribution in [3.8, 4) is 0 Å². The zero-order valence-corrected chi connectivity index (χ0v) is 16.2. The molecule has 4 nitrogen and oxygen atoms in total. The first-order valence-electron chi connectivity index (χ1n) is 9.13. The van der Waals surface area contributed by atoms with Crippen molar-refractivity contribution in [2.24, 2.45) is 5.10 Å². The van der Waals surface area contributed by atoms with Gasteiger partial charge in [-0.05, 0) is 42.6 Å². The minimum absolute atomic E-state index is 0.0952. The van der Waals surface area contributed by atoms with Crippen LogP contribution in [0.1, 0.15) is 36.4 Å². The Hall–Kier alpha value is -1.98. The van der Waals surface area contributed by atoms with E-state index in [9.17, 15) is 4.79 Å². The Labute approximate surface area is 162 Å². The second-order valence-electron chi connectivity index (χ2n) is 6.86. The summed E-state index contributed by atoms with van der Waals surface area (Å²) in [5.74, 6) is 0.0952. The molecule has 0 saturated carbocycles. The van der Waals surface area contributed by atoms with Crippen molar-refractivity contribution in [3.05, 3.63) is 70.2 Å². The van der Waals surface area contributed by atoms with Crippen LogP contribution in [0.5, 0.6) is 0 Å². The van der Waals surface area contributed by atoms with Gasteiger partial charge in [0.05, 0.1) is 18.8 Å². The van der Waals surface area contributed by atoms with Crippen molar-refractivity contribution in [2.75, 3.05) is 19.6 Å². The maximum atomic E-state index is 12.8. The number of benzene rings is 2. The van der Waals surface area contributed by atoms with Crippen LogP contribution < -0.4 is 0 Å². The van der Waals surface area contributed by atoms with Gasteiger partial charge in [0.1, 0.15) is 0 Å². The van der Waals surface area contributed by atoms with E-state index in [0.29, 0.717) is 19.1 Å². The average Bonchev–Trinajstić information content (AvgIpc) is 3.32. The van der Waals surface area contributed by atoms with Gasteiger partial charge in [0.2, 0.25) is 0 Å². The zero-order chi connectivity index (χ0) is 17.9. The van der Waals surface area contributed by atoms with E-state index in [1.807, 2.05) is 24.3 Å². The van der Waals surface area contributed by atoms with Crippen LogP contribution in [0.4, 0.5) is 0 Å². The second-order valence-corrected chi connectivity index (χ2v) is 7.78. The number of carbonyl (C=O) groups excluding carboxylic acids is 1. The summed E-state index contributed by atoms with van der Waals surface area (Å²) < 4.78 is 1.09. The maximum absolute atomic E-state index is 12.8. The van der Waals surface area contributed by atoms with Gasteiger partial charge in [0.15, 0.2) is 0 Å². The van der Waals surface area contributed by atoms with E-state index in [1.54, 1.807) is 5.01 Å². The molecule has 4 rings (SSSR count). The molecule has 0 bridgehead atoms. The van der Waals surface area contributed by atoms with E-state index in [1.165, 1.54) is 5.56 Å². The van der Waals surface area contributed by atoms with Crippen LogP contribution in [0.3, 0.4) is 0 Å². The van der Waals surface area contributed by atoms with Crippen LogP contribution in [-0.2, 0) is 4.79 Å². The van der Waals surface area contributed by atoms with Gasteiger partial charge in [-0.2, -0.15) is 5.10 Å². The van der Waals surface area contributed by atoms with Crippen molar-refractivity contribution < 1.29 is 4.79 Å². The molecule has 1 atom stereocenters. The van der Waals surface area contributed by atoms with Crippen LogP contribution in [0.2, 0.25) is 0 Å². The zero-order valence-electron chi connectivity index (χ0n) is 14.6. The topological polar surface area (TPSA) is 35.9 Å². The lowest BCUT2D eigenvalue weighted by Gasteiger charge is -2.25. The summed E-state index contributed by atoms with van der Waals surface area (Å²) in [6.07, 6.45) is 3.05. The molecular formula is C21H22BrN3O. The van der Waals surface area contributed by atoms with Crippen molar-refractivity contribution in [3.63, 3.8) is 0 Å². The van der Waals surface area contributed by atoms with Gasteiger partial charge in [-0.1, -0.05) is 58.4 Å². The number of hydrogen-bond acceptors (Lipinski definition) is 3. The number of hydrazone groups is 1. The predicted octanol–water partition coefficient (Wildman–Crippen LogP) is 4.22. The van der Waals surface area contributed by atoms with Gasteiger partial charge in [-0.3, -0.25) is 9.69 Å². The third-order valence-corrected chi connectivity index (χ3v) is 5.63. The standard InChI is InChI=1S/C21H22BrN3O/c22-18-9-4-8-17(14-18)20-10-5-12-24(20)15-21(26)25-13-11-19(23-25)16-6-2-1-3-7-16/h1-4,6-9,14,20H,5,10-13,15H2/t20-/m1/s1. The first-order chi connectivity index (χ1) is 12.7. The van der Waals surface area contributed by atoms with E-state index in [4.69, 9.17) is 0 Å². The van der Waals surface area contributed by atoms with E-state index in [0.717, 1.165) is 41.6 Å². The molecule has 0 spiro atoms. The molecule has 2 heterocycles. The summed E-state index contributed by atoms with van der Waals surface area (Å²) in [5, 5.41) is 6.23. The predicted molar refractivity (Wildman–Crippen MR) is 107 cm³/mol. The van der Waals surface area contributed by atoms with Crippen molar-refractivity contribution in [1.29, 1.82) is 0 Å². The quantitative estimate of drug-likeness (QED) is 0.754. The molecule has 1 saturated heterocycles. The number of carbonyl (C=O) groups is 1. The fraction of sp³-hybridized carbons (Fsp3) is 0.333. The number of hydrogen-bond donors (Lipinski definition) is 0. The van der Waals surface area contributed by atoms with E-state index < -0.39 is 0 Å². The molecule has 0 N–H and O–H groups in total. The molecule has 134 valence electrons. The van der Waals surface area contributed by atoms with Gasteiger partial charge in [0.25, 0.3) is 5.91 Å². The molecule has 2 aliphatic heterocycles. The minimum Gasteiger partial charge on any atom is -0.287 e. The summed E-state index contributed by atoms with van der Waals surface area (Å²) in [6, 6.07) is 18.9.